The molecule has 0 aliphatic carbocycles. The van der Waals surface area contributed by atoms with Gasteiger partial charge in [-0.25, -0.2) is 8.42 Å². The third-order valence-electron chi connectivity index (χ3n) is 5.95. The predicted molar refractivity (Wildman–Crippen MR) is 121 cm³/mol. The minimum absolute atomic E-state index is 0.123. The largest absolute Gasteiger partial charge is 0.369 e. The molecule has 3 aromatic rings. The molecular formula is C22H23FN6O3S. The number of nitrogens with zero attached hydrogens (tertiary/aromatic N) is 4. The monoisotopic (exact) mass is 470 g/mol. The van der Waals surface area contributed by atoms with Gasteiger partial charge in [0.25, 0.3) is 5.91 Å². The van der Waals surface area contributed by atoms with E-state index in [-0.39, 0.29) is 23.9 Å². The van der Waals surface area contributed by atoms with Crippen LogP contribution in [0, 0.1) is 0 Å². The summed E-state index contributed by atoms with van der Waals surface area (Å²) >= 11 is 0. The SMILES string of the molecule is O=C(Nc1n[nH]c2c1CN(S(=O)(=O)c1ccccc1)C2)c1ccc(N2CCN(F)CC2)cc1. The van der Waals surface area contributed by atoms with Crippen molar-refractivity contribution in [1.29, 1.82) is 0 Å². The number of sulfonamides is 1. The number of halogens is 1. The number of benzene rings is 2. The van der Waals surface area contributed by atoms with Crippen LogP contribution < -0.4 is 10.2 Å². The molecule has 1 saturated heterocycles. The van der Waals surface area contributed by atoms with E-state index in [2.05, 4.69) is 20.4 Å². The smallest absolute Gasteiger partial charge is 0.256 e. The fraction of sp³-hybridized carbons (Fsp3) is 0.273. The summed E-state index contributed by atoms with van der Waals surface area (Å²) in [7, 11) is -3.65. The van der Waals surface area contributed by atoms with Gasteiger partial charge in [0.05, 0.1) is 17.1 Å². The second-order valence-electron chi connectivity index (χ2n) is 8.01. The molecule has 2 aromatic carbocycles. The van der Waals surface area contributed by atoms with E-state index in [9.17, 15) is 17.7 Å². The standard InChI is InChI=1S/C22H23FN6O3S/c23-28-12-10-27(11-13-28)17-8-6-16(7-9-17)22(30)24-21-19-14-29(15-20(19)25-26-21)33(31,32)18-4-2-1-3-5-18/h1-9H,10-15H2,(H2,24,25,26,30). The average Bonchev–Trinajstić information content (AvgIpc) is 3.43. The number of aromatic amines is 1. The minimum Gasteiger partial charge on any atom is -0.369 e. The van der Waals surface area contributed by atoms with Gasteiger partial charge in [-0.1, -0.05) is 18.2 Å². The molecule has 0 atom stereocenters. The van der Waals surface area contributed by atoms with Crippen LogP contribution in [0.15, 0.2) is 59.5 Å². The van der Waals surface area contributed by atoms with E-state index in [4.69, 9.17) is 0 Å². The molecule has 0 radical (unpaired) electrons. The highest BCUT2D eigenvalue weighted by atomic mass is 32.2. The number of carbonyl (C=O) groups excluding carboxylic acids is 1. The molecule has 2 N–H and O–H groups in total. The highest BCUT2D eigenvalue weighted by Gasteiger charge is 2.34. The van der Waals surface area contributed by atoms with Crippen LogP contribution in [0.1, 0.15) is 21.6 Å². The fourth-order valence-corrected chi connectivity index (χ4v) is 5.47. The maximum atomic E-state index is 13.2. The predicted octanol–water partition coefficient (Wildman–Crippen LogP) is 2.37. The lowest BCUT2D eigenvalue weighted by molar-refractivity contribution is 0.0200. The number of anilines is 2. The Morgan fingerprint density at radius 2 is 1.67 bits per heavy atom. The van der Waals surface area contributed by atoms with Crippen molar-refractivity contribution in [2.24, 2.45) is 0 Å². The van der Waals surface area contributed by atoms with Crippen molar-refractivity contribution < 1.29 is 17.7 Å². The van der Waals surface area contributed by atoms with Gasteiger partial charge in [0.2, 0.25) is 10.0 Å². The molecule has 2 aliphatic heterocycles. The minimum atomic E-state index is -3.65. The van der Waals surface area contributed by atoms with E-state index < -0.39 is 10.0 Å². The van der Waals surface area contributed by atoms with Gasteiger partial charge in [-0.2, -0.15) is 9.40 Å². The van der Waals surface area contributed by atoms with Crippen molar-refractivity contribution in [3.8, 4) is 0 Å². The van der Waals surface area contributed by atoms with E-state index in [1.807, 2.05) is 12.1 Å². The molecule has 0 spiro atoms. The number of piperazine rings is 1. The third-order valence-corrected chi connectivity index (χ3v) is 7.76. The summed E-state index contributed by atoms with van der Waals surface area (Å²) in [6.07, 6.45) is 0. The summed E-state index contributed by atoms with van der Waals surface area (Å²) in [6.45, 7) is 2.16. The Hall–Kier alpha value is -3.28. The maximum absolute atomic E-state index is 13.2. The van der Waals surface area contributed by atoms with E-state index >= 15 is 0 Å². The second-order valence-corrected chi connectivity index (χ2v) is 9.95. The number of fused-ring (bicyclic) bond motifs is 1. The van der Waals surface area contributed by atoms with Crippen LogP contribution in [0.2, 0.25) is 0 Å². The third kappa shape index (κ3) is 4.22. The van der Waals surface area contributed by atoms with Crippen molar-refractivity contribution in [1.82, 2.24) is 19.6 Å². The van der Waals surface area contributed by atoms with Gasteiger partial charge in [0, 0.05) is 49.5 Å². The Bertz CT molecular complexity index is 1260. The Balaban J connectivity index is 1.26. The molecule has 3 heterocycles. The molecule has 33 heavy (non-hydrogen) atoms. The van der Waals surface area contributed by atoms with Gasteiger partial charge in [-0.3, -0.25) is 9.89 Å². The van der Waals surface area contributed by atoms with Gasteiger partial charge in [0.15, 0.2) is 5.82 Å². The number of amides is 1. The molecule has 0 saturated carbocycles. The zero-order chi connectivity index (χ0) is 23.0. The summed E-state index contributed by atoms with van der Waals surface area (Å²) in [5.74, 6) is -0.0160. The van der Waals surface area contributed by atoms with Gasteiger partial charge < -0.3 is 10.2 Å². The van der Waals surface area contributed by atoms with Crippen LogP contribution in [-0.2, 0) is 23.1 Å². The van der Waals surface area contributed by atoms with Crippen LogP contribution >= 0.6 is 0 Å². The molecule has 11 heteroatoms. The first kappa shape index (κ1) is 21.6. The summed E-state index contributed by atoms with van der Waals surface area (Å²) in [5.41, 5.74) is 2.70. The van der Waals surface area contributed by atoms with Gasteiger partial charge in [-0.15, -0.1) is 9.60 Å². The summed E-state index contributed by atoms with van der Waals surface area (Å²) in [4.78, 5) is 15.1. The molecule has 1 aromatic heterocycles. The Labute approximate surface area is 190 Å². The number of rotatable bonds is 5. The fourth-order valence-electron chi connectivity index (χ4n) is 4.07. The molecule has 0 bridgehead atoms. The van der Waals surface area contributed by atoms with E-state index in [0.717, 1.165) is 10.8 Å². The Morgan fingerprint density at radius 1 is 0.970 bits per heavy atom. The molecular weight excluding hydrogens is 447 g/mol. The molecule has 1 amide bonds. The van der Waals surface area contributed by atoms with E-state index in [1.54, 1.807) is 42.5 Å². The first-order valence-electron chi connectivity index (χ1n) is 10.6. The topological polar surface area (TPSA) is 102 Å². The second kappa shape index (κ2) is 8.58. The zero-order valence-electron chi connectivity index (χ0n) is 17.7. The Morgan fingerprint density at radius 3 is 2.36 bits per heavy atom. The number of H-pyrrole nitrogens is 1. The molecule has 1 fully saturated rings. The first-order valence-corrected chi connectivity index (χ1v) is 12.0. The maximum Gasteiger partial charge on any atom is 0.256 e. The lowest BCUT2D eigenvalue weighted by Crippen LogP contribution is -2.42. The van der Waals surface area contributed by atoms with Crippen LogP contribution in [-0.4, -0.2) is 60.1 Å². The normalized spacial score (nSPS) is 17.2. The van der Waals surface area contributed by atoms with Crippen molar-refractivity contribution >= 4 is 27.4 Å². The molecule has 5 rings (SSSR count). The van der Waals surface area contributed by atoms with Crippen molar-refractivity contribution in [3.05, 3.63) is 71.4 Å². The van der Waals surface area contributed by atoms with Gasteiger partial charge in [-0.05, 0) is 36.4 Å². The molecule has 2 aliphatic rings. The summed E-state index contributed by atoms with van der Waals surface area (Å²) < 4.78 is 40.4. The number of hydrogen-bond acceptors (Lipinski definition) is 6. The zero-order valence-corrected chi connectivity index (χ0v) is 18.6. The number of hydrogen-bond donors (Lipinski definition) is 2. The molecule has 0 unspecified atom stereocenters. The van der Waals surface area contributed by atoms with Crippen LogP contribution in [0.25, 0.3) is 0 Å². The number of carbonyl (C=O) groups is 1. The number of nitrogens with one attached hydrogen (secondary N) is 2. The highest BCUT2D eigenvalue weighted by Crippen LogP contribution is 2.31. The van der Waals surface area contributed by atoms with E-state index in [1.165, 1.54) is 4.31 Å². The van der Waals surface area contributed by atoms with Crippen LogP contribution in [0.3, 0.4) is 0 Å². The van der Waals surface area contributed by atoms with E-state index in [0.29, 0.717) is 48.8 Å². The van der Waals surface area contributed by atoms with Gasteiger partial charge in [0.1, 0.15) is 0 Å². The summed E-state index contributed by atoms with van der Waals surface area (Å²) in [5, 5.41) is 10.6. The number of aromatic nitrogens is 2. The molecule has 172 valence electrons. The lowest BCUT2D eigenvalue weighted by Gasteiger charge is -2.31. The van der Waals surface area contributed by atoms with Crippen LogP contribution in [0.4, 0.5) is 16.0 Å². The van der Waals surface area contributed by atoms with Crippen molar-refractivity contribution in [2.45, 2.75) is 18.0 Å². The first-order chi connectivity index (χ1) is 15.9. The van der Waals surface area contributed by atoms with Crippen LogP contribution in [0.5, 0.6) is 0 Å². The Kier molecular flexibility index (Phi) is 5.60. The van der Waals surface area contributed by atoms with Crippen molar-refractivity contribution in [2.75, 3.05) is 36.4 Å². The average molecular weight is 471 g/mol. The lowest BCUT2D eigenvalue weighted by atomic mass is 10.1. The van der Waals surface area contributed by atoms with Crippen molar-refractivity contribution in [3.63, 3.8) is 0 Å². The van der Waals surface area contributed by atoms with Gasteiger partial charge >= 0.3 is 0 Å². The summed E-state index contributed by atoms with van der Waals surface area (Å²) in [6, 6.07) is 15.4. The quantitative estimate of drug-likeness (QED) is 0.556. The molecule has 9 nitrogen and oxygen atoms in total. The highest BCUT2D eigenvalue weighted by molar-refractivity contribution is 7.89.